The van der Waals surface area contributed by atoms with E-state index in [1.165, 1.54) is 0 Å². The van der Waals surface area contributed by atoms with E-state index in [-0.39, 0.29) is 0 Å². The van der Waals surface area contributed by atoms with Crippen LogP contribution in [0.1, 0.15) is 18.7 Å². The highest BCUT2D eigenvalue weighted by molar-refractivity contribution is 5.55. The van der Waals surface area contributed by atoms with Gasteiger partial charge in [0.15, 0.2) is 0 Å². The maximum absolute atomic E-state index is 5.39. The lowest BCUT2D eigenvalue weighted by Crippen LogP contribution is -2.40. The highest BCUT2D eigenvalue weighted by Gasteiger charge is 2.20. The van der Waals surface area contributed by atoms with Crippen LogP contribution in [-0.2, 0) is 6.54 Å². The van der Waals surface area contributed by atoms with Crippen LogP contribution in [-0.4, -0.2) is 48.3 Å². The normalized spacial score (nSPS) is 16.1. The minimum Gasteiger partial charge on any atom is -0.497 e. The average molecular weight is 302 g/mol. The first kappa shape index (κ1) is 15.0. The summed E-state index contributed by atoms with van der Waals surface area (Å²) in [7, 11) is 3.77. The standard InChI is InChI=1S/C16H22N4O2/c1-20(13-7-9-17-10-8-13)11-15-18-16(19-22-15)12-3-5-14(21-2)6-4-12/h3-6,13,17H,7-11H2,1-2H3. The SMILES string of the molecule is COc1ccc(-c2noc(CN(C)C3CCNCC3)n2)cc1. The first-order valence-electron chi connectivity index (χ1n) is 7.64. The Kier molecular flexibility index (Phi) is 4.70. The van der Waals surface area contributed by atoms with Gasteiger partial charge in [0.25, 0.3) is 0 Å². The predicted octanol–water partition coefficient (Wildman–Crippen LogP) is 1.93. The minimum atomic E-state index is 0.581. The number of nitrogens with one attached hydrogen (secondary N) is 1. The van der Waals surface area contributed by atoms with E-state index in [9.17, 15) is 0 Å². The van der Waals surface area contributed by atoms with Crippen molar-refractivity contribution < 1.29 is 9.26 Å². The third-order valence-corrected chi connectivity index (χ3v) is 4.13. The average Bonchev–Trinajstić information content (AvgIpc) is 3.04. The fourth-order valence-corrected chi connectivity index (χ4v) is 2.77. The second-order valence-electron chi connectivity index (χ2n) is 5.64. The third-order valence-electron chi connectivity index (χ3n) is 4.13. The van der Waals surface area contributed by atoms with Gasteiger partial charge in [-0.25, -0.2) is 0 Å². The molecular weight excluding hydrogens is 280 g/mol. The van der Waals surface area contributed by atoms with Crippen molar-refractivity contribution in [1.29, 1.82) is 0 Å². The molecule has 1 fully saturated rings. The van der Waals surface area contributed by atoms with Crippen molar-refractivity contribution in [3.8, 4) is 17.1 Å². The van der Waals surface area contributed by atoms with Crippen LogP contribution < -0.4 is 10.1 Å². The molecule has 1 aromatic carbocycles. The lowest BCUT2D eigenvalue weighted by molar-refractivity contribution is 0.171. The topological polar surface area (TPSA) is 63.4 Å². The number of aromatic nitrogens is 2. The van der Waals surface area contributed by atoms with Gasteiger partial charge in [-0.05, 0) is 57.2 Å². The number of ether oxygens (including phenoxy) is 1. The molecule has 3 rings (SSSR count). The molecule has 0 radical (unpaired) electrons. The van der Waals surface area contributed by atoms with Crippen LogP contribution in [0, 0.1) is 0 Å². The van der Waals surface area contributed by atoms with Crippen LogP contribution in [0.2, 0.25) is 0 Å². The molecule has 1 aliphatic rings. The van der Waals surface area contributed by atoms with Gasteiger partial charge in [-0.1, -0.05) is 5.16 Å². The summed E-state index contributed by atoms with van der Waals surface area (Å²) < 4.78 is 10.5. The summed E-state index contributed by atoms with van der Waals surface area (Å²) in [6.45, 7) is 2.85. The summed E-state index contributed by atoms with van der Waals surface area (Å²) in [6, 6.07) is 8.24. The number of hydrogen-bond acceptors (Lipinski definition) is 6. The molecule has 0 bridgehead atoms. The monoisotopic (exact) mass is 302 g/mol. The van der Waals surface area contributed by atoms with E-state index in [1.54, 1.807) is 7.11 Å². The van der Waals surface area contributed by atoms with E-state index in [0.717, 1.165) is 37.2 Å². The number of piperidine rings is 1. The fourth-order valence-electron chi connectivity index (χ4n) is 2.77. The van der Waals surface area contributed by atoms with E-state index < -0.39 is 0 Å². The van der Waals surface area contributed by atoms with Gasteiger partial charge in [0.05, 0.1) is 13.7 Å². The highest BCUT2D eigenvalue weighted by atomic mass is 16.5. The molecule has 1 saturated heterocycles. The fraction of sp³-hybridized carbons (Fsp3) is 0.500. The molecule has 1 aromatic heterocycles. The molecule has 1 aliphatic heterocycles. The molecule has 2 aromatic rings. The van der Waals surface area contributed by atoms with E-state index in [2.05, 4.69) is 27.4 Å². The van der Waals surface area contributed by atoms with Gasteiger partial charge < -0.3 is 14.6 Å². The highest BCUT2D eigenvalue weighted by Crippen LogP contribution is 2.20. The van der Waals surface area contributed by atoms with Gasteiger partial charge in [0, 0.05) is 11.6 Å². The molecule has 6 heteroatoms. The number of benzene rings is 1. The van der Waals surface area contributed by atoms with Gasteiger partial charge in [0.2, 0.25) is 11.7 Å². The van der Waals surface area contributed by atoms with Crippen LogP contribution in [0.5, 0.6) is 5.75 Å². The Morgan fingerprint density at radius 2 is 2.00 bits per heavy atom. The van der Waals surface area contributed by atoms with Crippen molar-refractivity contribution in [2.24, 2.45) is 0 Å². The number of nitrogens with zero attached hydrogens (tertiary/aromatic N) is 3. The van der Waals surface area contributed by atoms with Crippen LogP contribution in [0.3, 0.4) is 0 Å². The molecule has 0 aliphatic carbocycles. The summed E-state index contributed by atoms with van der Waals surface area (Å²) in [6.07, 6.45) is 2.33. The Bertz CT molecular complexity index is 590. The quantitative estimate of drug-likeness (QED) is 0.910. The Balaban J connectivity index is 1.64. The van der Waals surface area contributed by atoms with Gasteiger partial charge >= 0.3 is 0 Å². The van der Waals surface area contributed by atoms with Gasteiger partial charge in [0.1, 0.15) is 5.75 Å². The van der Waals surface area contributed by atoms with Crippen molar-refractivity contribution in [3.05, 3.63) is 30.2 Å². The lowest BCUT2D eigenvalue weighted by atomic mass is 10.1. The van der Waals surface area contributed by atoms with Crippen molar-refractivity contribution in [3.63, 3.8) is 0 Å². The smallest absolute Gasteiger partial charge is 0.241 e. The third kappa shape index (κ3) is 3.45. The molecule has 22 heavy (non-hydrogen) atoms. The second-order valence-corrected chi connectivity index (χ2v) is 5.64. The van der Waals surface area contributed by atoms with Crippen LogP contribution in [0.15, 0.2) is 28.8 Å². The van der Waals surface area contributed by atoms with Gasteiger partial charge in [-0.3, -0.25) is 4.90 Å². The second kappa shape index (κ2) is 6.89. The van der Waals surface area contributed by atoms with E-state index in [1.807, 2.05) is 24.3 Å². The Hall–Kier alpha value is -1.92. The lowest BCUT2D eigenvalue weighted by Gasteiger charge is -2.30. The summed E-state index contributed by atoms with van der Waals surface area (Å²) in [5.74, 6) is 2.10. The van der Waals surface area contributed by atoms with Crippen molar-refractivity contribution in [2.75, 3.05) is 27.2 Å². The van der Waals surface area contributed by atoms with E-state index in [0.29, 0.717) is 24.3 Å². The molecule has 2 heterocycles. The molecule has 0 unspecified atom stereocenters. The summed E-state index contributed by atoms with van der Waals surface area (Å²) in [4.78, 5) is 6.79. The predicted molar refractivity (Wildman–Crippen MR) is 83.6 cm³/mol. The van der Waals surface area contributed by atoms with Crippen molar-refractivity contribution >= 4 is 0 Å². The van der Waals surface area contributed by atoms with E-state index >= 15 is 0 Å². The number of rotatable bonds is 5. The molecule has 0 atom stereocenters. The van der Waals surface area contributed by atoms with Gasteiger partial charge in [-0.2, -0.15) is 4.98 Å². The molecule has 0 spiro atoms. The Morgan fingerprint density at radius 1 is 1.27 bits per heavy atom. The molecule has 118 valence electrons. The van der Waals surface area contributed by atoms with Crippen molar-refractivity contribution in [2.45, 2.75) is 25.4 Å². The molecule has 0 amide bonds. The van der Waals surface area contributed by atoms with Crippen LogP contribution in [0.25, 0.3) is 11.4 Å². The van der Waals surface area contributed by atoms with E-state index in [4.69, 9.17) is 9.26 Å². The summed E-state index contributed by atoms with van der Waals surface area (Å²) >= 11 is 0. The maximum atomic E-state index is 5.39. The molecule has 1 N–H and O–H groups in total. The zero-order valence-corrected chi connectivity index (χ0v) is 13.1. The van der Waals surface area contributed by atoms with Crippen molar-refractivity contribution in [1.82, 2.24) is 20.4 Å². The van der Waals surface area contributed by atoms with Crippen LogP contribution >= 0.6 is 0 Å². The van der Waals surface area contributed by atoms with Crippen LogP contribution in [0.4, 0.5) is 0 Å². The first-order valence-corrected chi connectivity index (χ1v) is 7.64. The largest absolute Gasteiger partial charge is 0.497 e. The minimum absolute atomic E-state index is 0.581. The molecular formula is C16H22N4O2. The first-order chi connectivity index (χ1) is 10.8. The Labute approximate surface area is 130 Å². The summed E-state index contributed by atoms with van der Waals surface area (Å²) in [5, 5.41) is 7.45. The zero-order valence-electron chi connectivity index (χ0n) is 13.1. The number of hydrogen-bond donors (Lipinski definition) is 1. The number of methoxy groups -OCH3 is 1. The van der Waals surface area contributed by atoms with Gasteiger partial charge in [-0.15, -0.1) is 0 Å². The molecule has 0 saturated carbocycles. The maximum Gasteiger partial charge on any atom is 0.241 e. The Morgan fingerprint density at radius 3 is 2.68 bits per heavy atom. The molecule has 6 nitrogen and oxygen atoms in total. The summed E-state index contributed by atoms with van der Waals surface area (Å²) in [5.41, 5.74) is 0.931. The zero-order chi connectivity index (χ0) is 15.4.